The second-order valence-corrected chi connectivity index (χ2v) is 7.89. The lowest BCUT2D eigenvalue weighted by molar-refractivity contribution is -0.141. The predicted octanol–water partition coefficient (Wildman–Crippen LogP) is 2.33. The van der Waals surface area contributed by atoms with Crippen LogP contribution in [0, 0.1) is 0 Å². The number of hydrogen-bond acceptors (Lipinski definition) is 6. The Hall–Kier alpha value is -2.94. The Labute approximate surface area is 187 Å². The molecule has 1 unspecified atom stereocenters. The third kappa shape index (κ3) is 5.27. The summed E-state index contributed by atoms with van der Waals surface area (Å²) >= 11 is 0. The Balaban J connectivity index is 1.27. The van der Waals surface area contributed by atoms with Crippen molar-refractivity contribution >= 4 is 12.1 Å². The van der Waals surface area contributed by atoms with E-state index in [0.29, 0.717) is 26.4 Å². The van der Waals surface area contributed by atoms with Crippen molar-refractivity contribution in [3.8, 4) is 11.1 Å². The predicted molar refractivity (Wildman–Crippen MR) is 118 cm³/mol. The second kappa shape index (κ2) is 10.6. The minimum Gasteiger partial charge on any atom is -0.480 e. The summed E-state index contributed by atoms with van der Waals surface area (Å²) in [5, 5.41) is 11.8. The van der Waals surface area contributed by atoms with E-state index >= 15 is 0 Å². The van der Waals surface area contributed by atoms with E-state index in [1.54, 1.807) is 0 Å². The molecule has 8 nitrogen and oxygen atoms in total. The van der Waals surface area contributed by atoms with E-state index in [2.05, 4.69) is 22.3 Å². The van der Waals surface area contributed by atoms with Crippen molar-refractivity contribution in [2.45, 2.75) is 12.0 Å². The van der Waals surface area contributed by atoms with Gasteiger partial charge >= 0.3 is 12.1 Å². The van der Waals surface area contributed by atoms with E-state index in [0.717, 1.165) is 35.3 Å². The number of benzene rings is 2. The fraction of sp³-hybridized carbons (Fsp3) is 0.417. The van der Waals surface area contributed by atoms with Crippen LogP contribution in [0.3, 0.4) is 0 Å². The van der Waals surface area contributed by atoms with Gasteiger partial charge in [0.05, 0.1) is 26.4 Å². The van der Waals surface area contributed by atoms with Gasteiger partial charge in [0, 0.05) is 25.6 Å². The molecule has 0 saturated carbocycles. The van der Waals surface area contributed by atoms with E-state index in [1.165, 1.54) is 0 Å². The summed E-state index contributed by atoms with van der Waals surface area (Å²) < 4.78 is 16.2. The molecule has 32 heavy (non-hydrogen) atoms. The molecule has 0 spiro atoms. The van der Waals surface area contributed by atoms with E-state index in [1.807, 2.05) is 36.4 Å². The molecule has 8 heteroatoms. The molecule has 0 radical (unpaired) electrons. The second-order valence-electron chi connectivity index (χ2n) is 7.89. The summed E-state index contributed by atoms with van der Waals surface area (Å²) in [5.41, 5.74) is 4.47. The number of amides is 1. The fourth-order valence-electron chi connectivity index (χ4n) is 4.18. The van der Waals surface area contributed by atoms with Gasteiger partial charge in [0.25, 0.3) is 0 Å². The first-order valence-corrected chi connectivity index (χ1v) is 10.9. The zero-order valence-corrected chi connectivity index (χ0v) is 17.9. The summed E-state index contributed by atoms with van der Waals surface area (Å²) in [6, 6.07) is 14.9. The maximum absolute atomic E-state index is 12.3. The van der Waals surface area contributed by atoms with Crippen LogP contribution in [0.5, 0.6) is 0 Å². The fourth-order valence-corrected chi connectivity index (χ4v) is 4.18. The number of hydrogen-bond donors (Lipinski definition) is 2. The van der Waals surface area contributed by atoms with E-state index in [4.69, 9.17) is 14.2 Å². The number of alkyl carbamates (subject to hydrolysis) is 1. The molecule has 1 aliphatic carbocycles. The Morgan fingerprint density at radius 2 is 1.69 bits per heavy atom. The number of nitrogens with zero attached hydrogens (tertiary/aromatic N) is 1. The lowest BCUT2D eigenvalue weighted by Crippen LogP contribution is -2.45. The Kier molecular flexibility index (Phi) is 7.36. The number of ether oxygens (including phenoxy) is 3. The van der Waals surface area contributed by atoms with Crippen LogP contribution in [0.15, 0.2) is 48.5 Å². The van der Waals surface area contributed by atoms with Crippen molar-refractivity contribution in [2.75, 3.05) is 52.7 Å². The minimum atomic E-state index is -1.17. The third-order valence-corrected chi connectivity index (χ3v) is 5.87. The highest BCUT2D eigenvalue weighted by molar-refractivity contribution is 5.81. The standard InChI is InChI=1S/C24H28N2O6/c27-23(28)22(16-31-14-11-26-9-12-30-13-10-26)25-24(29)32-15-21-19-7-3-1-5-17(19)18-6-2-4-8-20(18)21/h1-8,21-22H,9-16H2,(H,25,29)(H,27,28). The van der Waals surface area contributed by atoms with Crippen molar-refractivity contribution < 1.29 is 28.9 Å². The molecule has 2 aromatic carbocycles. The van der Waals surface area contributed by atoms with Gasteiger partial charge in [-0.25, -0.2) is 9.59 Å². The van der Waals surface area contributed by atoms with E-state index in [9.17, 15) is 14.7 Å². The highest BCUT2D eigenvalue weighted by atomic mass is 16.6. The Morgan fingerprint density at radius 1 is 1.06 bits per heavy atom. The van der Waals surface area contributed by atoms with Crippen molar-refractivity contribution in [1.29, 1.82) is 0 Å². The molecule has 1 amide bonds. The van der Waals surface area contributed by atoms with Crippen molar-refractivity contribution in [2.24, 2.45) is 0 Å². The first-order valence-electron chi connectivity index (χ1n) is 10.9. The Morgan fingerprint density at radius 3 is 2.31 bits per heavy atom. The molecule has 2 aliphatic rings. The highest BCUT2D eigenvalue weighted by Crippen LogP contribution is 2.44. The smallest absolute Gasteiger partial charge is 0.407 e. The summed E-state index contributed by atoms with van der Waals surface area (Å²) in [7, 11) is 0. The number of carbonyl (C=O) groups is 2. The molecule has 1 atom stereocenters. The number of carboxylic acids is 1. The first-order chi connectivity index (χ1) is 15.6. The molecule has 1 saturated heterocycles. The average Bonchev–Trinajstić information content (AvgIpc) is 3.14. The number of carbonyl (C=O) groups excluding carboxylic acids is 1. The number of carboxylic acid groups (broad SMARTS) is 1. The number of fused-ring (bicyclic) bond motifs is 3. The van der Waals surface area contributed by atoms with E-state index in [-0.39, 0.29) is 19.1 Å². The van der Waals surface area contributed by atoms with Crippen LogP contribution >= 0.6 is 0 Å². The zero-order valence-electron chi connectivity index (χ0n) is 17.9. The minimum absolute atomic E-state index is 0.0822. The van der Waals surface area contributed by atoms with Crippen LogP contribution in [0.2, 0.25) is 0 Å². The molecular formula is C24H28N2O6. The van der Waals surface area contributed by atoms with Gasteiger partial charge in [-0.1, -0.05) is 48.5 Å². The largest absolute Gasteiger partial charge is 0.480 e. The first kappa shape index (κ1) is 22.3. The van der Waals surface area contributed by atoms with Gasteiger partial charge in [0.1, 0.15) is 6.61 Å². The third-order valence-electron chi connectivity index (χ3n) is 5.87. The maximum Gasteiger partial charge on any atom is 0.407 e. The number of rotatable bonds is 9. The van der Waals surface area contributed by atoms with E-state index < -0.39 is 18.1 Å². The van der Waals surface area contributed by atoms with Gasteiger partial charge in [-0.05, 0) is 22.3 Å². The summed E-state index contributed by atoms with van der Waals surface area (Å²) in [5.74, 6) is -1.24. The normalized spacial score (nSPS) is 16.8. The van der Waals surface area contributed by atoms with Crippen molar-refractivity contribution in [3.05, 3.63) is 59.7 Å². The molecule has 0 bridgehead atoms. The molecule has 4 rings (SSSR count). The monoisotopic (exact) mass is 440 g/mol. The molecule has 2 N–H and O–H groups in total. The average molecular weight is 440 g/mol. The number of morpholine rings is 1. The zero-order chi connectivity index (χ0) is 22.3. The lowest BCUT2D eigenvalue weighted by Gasteiger charge is -2.26. The summed E-state index contributed by atoms with van der Waals surface area (Å²) in [4.78, 5) is 26.1. The van der Waals surface area contributed by atoms with Gasteiger partial charge in [-0.3, -0.25) is 4.90 Å². The number of aliphatic carboxylic acids is 1. The molecule has 1 aliphatic heterocycles. The van der Waals surface area contributed by atoms with Crippen molar-refractivity contribution in [3.63, 3.8) is 0 Å². The van der Waals surface area contributed by atoms with Gasteiger partial charge in [-0.15, -0.1) is 0 Å². The SMILES string of the molecule is O=C(NC(COCCN1CCOCC1)C(=O)O)OCC1c2ccccc2-c2ccccc21. The topological polar surface area (TPSA) is 97.3 Å². The number of nitrogens with one attached hydrogen (secondary N) is 1. The molecule has 1 heterocycles. The van der Waals surface area contributed by atoms with Gasteiger partial charge in [0.15, 0.2) is 6.04 Å². The van der Waals surface area contributed by atoms with Crippen LogP contribution in [0.4, 0.5) is 4.79 Å². The quantitative estimate of drug-likeness (QED) is 0.578. The van der Waals surface area contributed by atoms with Crippen LogP contribution in [-0.4, -0.2) is 80.8 Å². The lowest BCUT2D eigenvalue weighted by atomic mass is 9.98. The van der Waals surface area contributed by atoms with Crippen LogP contribution in [0.25, 0.3) is 11.1 Å². The summed E-state index contributed by atoms with van der Waals surface area (Å²) in [6.07, 6.45) is -0.768. The maximum atomic E-state index is 12.3. The van der Waals surface area contributed by atoms with Crippen molar-refractivity contribution in [1.82, 2.24) is 10.2 Å². The molecule has 0 aromatic heterocycles. The van der Waals surface area contributed by atoms with Gasteiger partial charge < -0.3 is 24.6 Å². The Bertz CT molecular complexity index is 898. The van der Waals surface area contributed by atoms with Crippen LogP contribution < -0.4 is 5.32 Å². The van der Waals surface area contributed by atoms with Gasteiger partial charge in [0.2, 0.25) is 0 Å². The molecular weight excluding hydrogens is 412 g/mol. The van der Waals surface area contributed by atoms with Crippen LogP contribution in [0.1, 0.15) is 17.0 Å². The van der Waals surface area contributed by atoms with Crippen LogP contribution in [-0.2, 0) is 19.0 Å². The van der Waals surface area contributed by atoms with Gasteiger partial charge in [-0.2, -0.15) is 0 Å². The summed E-state index contributed by atoms with van der Waals surface area (Å²) in [6.45, 7) is 4.15. The highest BCUT2D eigenvalue weighted by Gasteiger charge is 2.29. The molecule has 2 aromatic rings. The molecule has 170 valence electrons. The molecule has 1 fully saturated rings.